The van der Waals surface area contributed by atoms with Gasteiger partial charge in [-0.2, -0.15) is 13.2 Å². The van der Waals surface area contributed by atoms with Crippen LogP contribution in [0, 0.1) is 5.92 Å². The number of carbonyl (C=O) groups excluding carboxylic acids is 1. The zero-order valence-electron chi connectivity index (χ0n) is 12.8. The first-order chi connectivity index (χ1) is 10.8. The van der Waals surface area contributed by atoms with Crippen molar-refractivity contribution in [1.82, 2.24) is 9.88 Å². The minimum absolute atomic E-state index is 0.0156. The molecule has 0 bridgehead atoms. The molecule has 1 aromatic rings. The van der Waals surface area contributed by atoms with Crippen molar-refractivity contribution in [2.24, 2.45) is 11.7 Å². The minimum Gasteiger partial charge on any atom is -0.468 e. The second-order valence-electron chi connectivity index (χ2n) is 5.80. The Labute approximate surface area is 132 Å². The van der Waals surface area contributed by atoms with Gasteiger partial charge in [-0.25, -0.2) is 4.98 Å². The number of ether oxygens (including phenoxy) is 1. The standard InChI is InChI=1S/C15H20F3N3O2/c1-10(19)12-3-2-6-21(8-12)14(22)11-4-5-13(20-7-11)23-9-15(16,17)18/h4-5,7,10,12H,2-3,6,8-9,19H2,1H3. The van der Waals surface area contributed by atoms with Crippen LogP contribution in [0.1, 0.15) is 30.1 Å². The molecule has 1 aromatic heterocycles. The maximum absolute atomic E-state index is 12.4. The van der Waals surface area contributed by atoms with Crippen molar-refractivity contribution in [1.29, 1.82) is 0 Å². The molecule has 2 N–H and O–H groups in total. The van der Waals surface area contributed by atoms with Gasteiger partial charge in [0.25, 0.3) is 5.91 Å². The summed E-state index contributed by atoms with van der Waals surface area (Å²) in [6.45, 7) is 1.75. The lowest BCUT2D eigenvalue weighted by Gasteiger charge is -2.34. The van der Waals surface area contributed by atoms with Crippen molar-refractivity contribution in [3.05, 3.63) is 23.9 Å². The molecule has 8 heteroatoms. The fraction of sp³-hybridized carbons (Fsp3) is 0.600. The number of rotatable bonds is 4. The summed E-state index contributed by atoms with van der Waals surface area (Å²) in [7, 11) is 0. The SMILES string of the molecule is CC(N)C1CCCN(C(=O)c2ccc(OCC(F)(F)F)nc2)C1. The third kappa shape index (κ3) is 5.09. The quantitative estimate of drug-likeness (QED) is 0.918. The van der Waals surface area contributed by atoms with Gasteiger partial charge >= 0.3 is 6.18 Å². The lowest BCUT2D eigenvalue weighted by Crippen LogP contribution is -2.45. The number of piperidine rings is 1. The predicted molar refractivity (Wildman–Crippen MR) is 78.1 cm³/mol. The van der Waals surface area contributed by atoms with Gasteiger partial charge < -0.3 is 15.4 Å². The lowest BCUT2D eigenvalue weighted by atomic mass is 9.92. The van der Waals surface area contributed by atoms with Gasteiger partial charge in [-0.15, -0.1) is 0 Å². The highest BCUT2D eigenvalue weighted by Crippen LogP contribution is 2.21. The zero-order chi connectivity index (χ0) is 17.0. The van der Waals surface area contributed by atoms with Gasteiger partial charge in [0.05, 0.1) is 5.56 Å². The number of pyridine rings is 1. The van der Waals surface area contributed by atoms with Gasteiger partial charge in [-0.3, -0.25) is 4.79 Å². The smallest absolute Gasteiger partial charge is 0.422 e. The molecule has 0 aliphatic carbocycles. The number of hydrogen-bond donors (Lipinski definition) is 1. The Hall–Kier alpha value is -1.83. The number of nitrogens with zero attached hydrogens (tertiary/aromatic N) is 2. The fourth-order valence-electron chi connectivity index (χ4n) is 2.55. The second-order valence-corrected chi connectivity index (χ2v) is 5.80. The predicted octanol–water partition coefficient (Wildman–Crippen LogP) is 2.22. The largest absolute Gasteiger partial charge is 0.468 e. The van der Waals surface area contributed by atoms with E-state index in [2.05, 4.69) is 9.72 Å². The number of alkyl halides is 3. The highest BCUT2D eigenvalue weighted by atomic mass is 19.4. The van der Waals surface area contributed by atoms with Crippen LogP contribution in [0.15, 0.2) is 18.3 Å². The van der Waals surface area contributed by atoms with E-state index in [1.165, 1.54) is 18.3 Å². The first-order valence-electron chi connectivity index (χ1n) is 7.47. The first-order valence-corrected chi connectivity index (χ1v) is 7.47. The molecule has 2 atom stereocenters. The maximum Gasteiger partial charge on any atom is 0.422 e. The number of nitrogens with two attached hydrogens (primary N) is 1. The van der Waals surface area contributed by atoms with Gasteiger partial charge in [0.2, 0.25) is 5.88 Å². The minimum atomic E-state index is -4.42. The number of aromatic nitrogens is 1. The Balaban J connectivity index is 1.97. The van der Waals surface area contributed by atoms with E-state index in [0.717, 1.165) is 12.8 Å². The van der Waals surface area contributed by atoms with Crippen LogP contribution in [0.5, 0.6) is 5.88 Å². The second kappa shape index (κ2) is 7.16. The van der Waals surface area contributed by atoms with Crippen LogP contribution in [-0.4, -0.2) is 47.7 Å². The van der Waals surface area contributed by atoms with Gasteiger partial charge in [0.1, 0.15) is 0 Å². The van der Waals surface area contributed by atoms with Crippen LogP contribution in [0.3, 0.4) is 0 Å². The molecule has 0 aromatic carbocycles. The number of carbonyl (C=O) groups is 1. The van der Waals surface area contributed by atoms with E-state index in [1.54, 1.807) is 4.90 Å². The molecule has 2 rings (SSSR count). The van der Waals surface area contributed by atoms with Crippen molar-refractivity contribution >= 4 is 5.91 Å². The molecular formula is C15H20F3N3O2. The Morgan fingerprint density at radius 3 is 2.83 bits per heavy atom. The normalized spacial score (nSPS) is 20.2. The third-order valence-corrected chi connectivity index (χ3v) is 3.86. The molecule has 0 radical (unpaired) electrons. The fourth-order valence-corrected chi connectivity index (χ4v) is 2.55. The average molecular weight is 331 g/mol. The molecule has 1 amide bonds. The van der Waals surface area contributed by atoms with Crippen molar-refractivity contribution in [2.75, 3.05) is 19.7 Å². The Morgan fingerprint density at radius 2 is 2.26 bits per heavy atom. The molecule has 0 spiro atoms. The van der Waals surface area contributed by atoms with Gasteiger partial charge in [-0.1, -0.05) is 0 Å². The van der Waals surface area contributed by atoms with E-state index in [1.807, 2.05) is 6.92 Å². The van der Waals surface area contributed by atoms with Crippen molar-refractivity contribution < 1.29 is 22.7 Å². The van der Waals surface area contributed by atoms with Crippen molar-refractivity contribution in [3.8, 4) is 5.88 Å². The molecule has 23 heavy (non-hydrogen) atoms. The summed E-state index contributed by atoms with van der Waals surface area (Å²) in [5, 5.41) is 0. The maximum atomic E-state index is 12.4. The van der Waals surface area contributed by atoms with Gasteiger partial charge in [-0.05, 0) is 31.7 Å². The summed E-state index contributed by atoms with van der Waals surface area (Å²) in [4.78, 5) is 17.9. The first kappa shape index (κ1) is 17.5. The average Bonchev–Trinajstić information content (AvgIpc) is 2.52. The molecule has 128 valence electrons. The van der Waals surface area contributed by atoms with Crippen LogP contribution >= 0.6 is 0 Å². The van der Waals surface area contributed by atoms with E-state index in [9.17, 15) is 18.0 Å². The molecule has 1 aliphatic rings. The summed E-state index contributed by atoms with van der Waals surface area (Å²) in [5.41, 5.74) is 6.23. The summed E-state index contributed by atoms with van der Waals surface area (Å²) in [6.07, 6.45) is -1.30. The topological polar surface area (TPSA) is 68.5 Å². The van der Waals surface area contributed by atoms with E-state index in [0.29, 0.717) is 18.7 Å². The molecule has 5 nitrogen and oxygen atoms in total. The Morgan fingerprint density at radius 1 is 1.52 bits per heavy atom. The molecule has 1 aliphatic heterocycles. The molecule has 0 saturated carbocycles. The summed E-state index contributed by atoms with van der Waals surface area (Å²) in [6, 6.07) is 2.71. The Kier molecular flexibility index (Phi) is 5.46. The number of likely N-dealkylation sites (tertiary alicyclic amines) is 1. The highest BCUT2D eigenvalue weighted by Gasteiger charge is 2.29. The van der Waals surface area contributed by atoms with Crippen molar-refractivity contribution in [2.45, 2.75) is 32.0 Å². The molecule has 1 saturated heterocycles. The van der Waals surface area contributed by atoms with E-state index in [4.69, 9.17) is 5.73 Å². The lowest BCUT2D eigenvalue weighted by molar-refractivity contribution is -0.154. The van der Waals surface area contributed by atoms with Gasteiger partial charge in [0.15, 0.2) is 6.61 Å². The van der Waals surface area contributed by atoms with Crippen LogP contribution in [0.25, 0.3) is 0 Å². The summed E-state index contributed by atoms with van der Waals surface area (Å²) >= 11 is 0. The molecule has 2 unspecified atom stereocenters. The number of hydrogen-bond acceptors (Lipinski definition) is 4. The van der Waals surface area contributed by atoms with Crippen LogP contribution in [0.2, 0.25) is 0 Å². The number of halogens is 3. The highest BCUT2D eigenvalue weighted by molar-refractivity contribution is 5.94. The summed E-state index contributed by atoms with van der Waals surface area (Å²) in [5.74, 6) is -0.0914. The van der Waals surface area contributed by atoms with Gasteiger partial charge in [0, 0.05) is 31.4 Å². The third-order valence-electron chi connectivity index (χ3n) is 3.86. The molecule has 2 heterocycles. The van der Waals surface area contributed by atoms with E-state index in [-0.39, 0.29) is 23.7 Å². The van der Waals surface area contributed by atoms with Crippen LogP contribution < -0.4 is 10.5 Å². The molecular weight excluding hydrogens is 311 g/mol. The number of amides is 1. The van der Waals surface area contributed by atoms with Crippen molar-refractivity contribution in [3.63, 3.8) is 0 Å². The molecule has 1 fully saturated rings. The monoisotopic (exact) mass is 331 g/mol. The van der Waals surface area contributed by atoms with Crippen LogP contribution in [-0.2, 0) is 0 Å². The van der Waals surface area contributed by atoms with Crippen LogP contribution in [0.4, 0.5) is 13.2 Å². The van der Waals surface area contributed by atoms with E-state index >= 15 is 0 Å². The zero-order valence-corrected chi connectivity index (χ0v) is 12.8. The Bertz CT molecular complexity index is 532. The van der Waals surface area contributed by atoms with E-state index < -0.39 is 12.8 Å². The summed E-state index contributed by atoms with van der Waals surface area (Å²) < 4.78 is 40.7.